The molecule has 1 heterocycles. The van der Waals surface area contributed by atoms with Gasteiger partial charge < -0.3 is 4.90 Å². The van der Waals surface area contributed by atoms with Crippen LogP contribution in [0.15, 0.2) is 18.2 Å². The van der Waals surface area contributed by atoms with Crippen LogP contribution in [-0.4, -0.2) is 12.6 Å². The van der Waals surface area contributed by atoms with E-state index in [0.717, 1.165) is 25.5 Å². The van der Waals surface area contributed by atoms with Gasteiger partial charge in [-0.05, 0) is 43.9 Å². The lowest BCUT2D eigenvalue weighted by molar-refractivity contribution is -0.137. The van der Waals surface area contributed by atoms with Crippen molar-refractivity contribution in [3.8, 4) is 6.07 Å². The summed E-state index contributed by atoms with van der Waals surface area (Å²) in [6, 6.07) is 5.77. The molecule has 1 aliphatic rings. The van der Waals surface area contributed by atoms with Crippen LogP contribution in [0.4, 0.5) is 18.9 Å². The molecule has 0 bridgehead atoms. The normalized spacial score (nSPS) is 23.5. The number of hydrogen-bond acceptors (Lipinski definition) is 2. The van der Waals surface area contributed by atoms with Gasteiger partial charge in [-0.1, -0.05) is 6.92 Å². The quantitative estimate of drug-likeness (QED) is 0.771. The van der Waals surface area contributed by atoms with E-state index >= 15 is 0 Å². The van der Waals surface area contributed by atoms with Crippen molar-refractivity contribution in [1.29, 1.82) is 5.26 Å². The van der Waals surface area contributed by atoms with E-state index in [1.807, 2.05) is 0 Å². The van der Waals surface area contributed by atoms with Crippen molar-refractivity contribution in [2.75, 3.05) is 11.4 Å². The highest BCUT2D eigenvalue weighted by Gasteiger charge is 2.34. The molecule has 1 aromatic carbocycles. The van der Waals surface area contributed by atoms with Crippen LogP contribution >= 0.6 is 0 Å². The molecule has 0 saturated carbocycles. The summed E-state index contributed by atoms with van der Waals surface area (Å²) in [5.74, 6) is 0.497. The van der Waals surface area contributed by atoms with E-state index in [4.69, 9.17) is 5.26 Å². The Hall–Kier alpha value is -1.70. The first-order valence-electron chi connectivity index (χ1n) is 6.72. The summed E-state index contributed by atoms with van der Waals surface area (Å²) in [6.45, 7) is 5.04. The number of nitrogens with zero attached hydrogens (tertiary/aromatic N) is 2. The highest BCUT2D eigenvalue weighted by molar-refractivity contribution is 5.56. The van der Waals surface area contributed by atoms with Gasteiger partial charge in [-0.25, -0.2) is 0 Å². The van der Waals surface area contributed by atoms with Gasteiger partial charge in [0.1, 0.15) is 0 Å². The van der Waals surface area contributed by atoms with Crippen LogP contribution in [0.2, 0.25) is 0 Å². The topological polar surface area (TPSA) is 27.0 Å². The lowest BCUT2D eigenvalue weighted by atomic mass is 9.91. The zero-order chi connectivity index (χ0) is 14.9. The SMILES string of the molecule is CC1CCCN(c2ccc(C(F)(F)F)c(C#N)c2)C1C. The van der Waals surface area contributed by atoms with Crippen molar-refractivity contribution in [2.24, 2.45) is 5.92 Å². The number of nitriles is 1. The van der Waals surface area contributed by atoms with Gasteiger partial charge in [0, 0.05) is 18.3 Å². The molecule has 1 aliphatic heterocycles. The van der Waals surface area contributed by atoms with Crippen molar-refractivity contribution in [1.82, 2.24) is 0 Å². The molecule has 0 aliphatic carbocycles. The van der Waals surface area contributed by atoms with Crippen molar-refractivity contribution >= 4 is 5.69 Å². The highest BCUT2D eigenvalue weighted by Crippen LogP contribution is 2.35. The zero-order valence-electron chi connectivity index (χ0n) is 11.5. The molecule has 1 aromatic rings. The Bertz CT molecular complexity index is 531. The predicted molar refractivity (Wildman–Crippen MR) is 71.4 cm³/mol. The van der Waals surface area contributed by atoms with E-state index in [9.17, 15) is 13.2 Å². The molecule has 0 aromatic heterocycles. The van der Waals surface area contributed by atoms with Gasteiger partial charge in [0.2, 0.25) is 0 Å². The summed E-state index contributed by atoms with van der Waals surface area (Å²) in [4.78, 5) is 2.09. The molecule has 2 atom stereocenters. The maximum absolute atomic E-state index is 12.8. The highest BCUT2D eigenvalue weighted by atomic mass is 19.4. The number of piperidine rings is 1. The summed E-state index contributed by atoms with van der Waals surface area (Å²) in [7, 11) is 0. The van der Waals surface area contributed by atoms with Gasteiger partial charge in [-0.15, -0.1) is 0 Å². The molecular formula is C15H17F3N2. The Balaban J connectivity index is 2.38. The molecule has 5 heteroatoms. The summed E-state index contributed by atoms with van der Waals surface area (Å²) >= 11 is 0. The lowest BCUT2D eigenvalue weighted by Gasteiger charge is -2.39. The maximum atomic E-state index is 12.8. The molecule has 0 spiro atoms. The van der Waals surface area contributed by atoms with Crippen LogP contribution < -0.4 is 4.90 Å². The van der Waals surface area contributed by atoms with Gasteiger partial charge in [-0.3, -0.25) is 0 Å². The Kier molecular flexibility index (Phi) is 3.94. The Labute approximate surface area is 116 Å². The first-order valence-corrected chi connectivity index (χ1v) is 6.72. The van der Waals surface area contributed by atoms with Gasteiger partial charge in [0.25, 0.3) is 0 Å². The molecule has 0 amide bonds. The molecule has 1 fully saturated rings. The first kappa shape index (κ1) is 14.7. The molecule has 2 rings (SSSR count). The van der Waals surface area contributed by atoms with Gasteiger partial charge in [0.15, 0.2) is 0 Å². The van der Waals surface area contributed by atoms with E-state index in [2.05, 4.69) is 18.7 Å². The fourth-order valence-electron chi connectivity index (χ4n) is 2.75. The largest absolute Gasteiger partial charge is 0.417 e. The Morgan fingerprint density at radius 1 is 1.30 bits per heavy atom. The second kappa shape index (κ2) is 5.35. The van der Waals surface area contributed by atoms with E-state index in [0.29, 0.717) is 11.6 Å². The predicted octanol–water partition coefficient (Wildman–Crippen LogP) is 4.20. The summed E-state index contributed by atoms with van der Waals surface area (Å²) in [5.41, 5.74) is -0.463. The second-order valence-electron chi connectivity index (χ2n) is 5.39. The van der Waals surface area contributed by atoms with Gasteiger partial charge in [0.05, 0.1) is 17.2 Å². The molecule has 2 unspecified atom stereocenters. The standard InChI is InChI=1S/C15H17F3N2/c1-10-4-3-7-20(11(10)2)13-5-6-14(15(16,17)18)12(8-13)9-19/h5-6,8,10-11H,3-4,7H2,1-2H3. The Morgan fingerprint density at radius 2 is 2.00 bits per heavy atom. The van der Waals surface area contributed by atoms with Crippen molar-refractivity contribution in [2.45, 2.75) is 38.9 Å². The average Bonchev–Trinajstić information content (AvgIpc) is 2.40. The molecule has 2 nitrogen and oxygen atoms in total. The average molecular weight is 282 g/mol. The first-order chi connectivity index (χ1) is 9.34. The van der Waals surface area contributed by atoms with Gasteiger partial charge in [-0.2, -0.15) is 18.4 Å². The van der Waals surface area contributed by atoms with Crippen LogP contribution in [0.1, 0.15) is 37.8 Å². The number of hydrogen-bond donors (Lipinski definition) is 0. The number of rotatable bonds is 1. The smallest absolute Gasteiger partial charge is 0.369 e. The minimum absolute atomic E-state index is 0.270. The fourth-order valence-corrected chi connectivity index (χ4v) is 2.75. The van der Waals surface area contributed by atoms with E-state index < -0.39 is 11.7 Å². The number of anilines is 1. The number of benzene rings is 1. The third-order valence-corrected chi connectivity index (χ3v) is 4.13. The fraction of sp³-hybridized carbons (Fsp3) is 0.533. The molecule has 108 valence electrons. The van der Waals surface area contributed by atoms with Crippen LogP contribution in [0.5, 0.6) is 0 Å². The lowest BCUT2D eigenvalue weighted by Crippen LogP contribution is -2.42. The molecule has 0 radical (unpaired) electrons. The maximum Gasteiger partial charge on any atom is 0.417 e. The zero-order valence-corrected chi connectivity index (χ0v) is 11.5. The molecule has 0 N–H and O–H groups in total. The van der Waals surface area contributed by atoms with Crippen molar-refractivity contribution in [3.05, 3.63) is 29.3 Å². The third-order valence-electron chi connectivity index (χ3n) is 4.13. The summed E-state index contributed by atoms with van der Waals surface area (Å²) in [5, 5.41) is 8.95. The summed E-state index contributed by atoms with van der Waals surface area (Å²) in [6.07, 6.45) is -2.33. The summed E-state index contributed by atoms with van der Waals surface area (Å²) < 4.78 is 38.3. The Morgan fingerprint density at radius 3 is 2.60 bits per heavy atom. The van der Waals surface area contributed by atoms with Crippen LogP contribution in [0.25, 0.3) is 0 Å². The minimum atomic E-state index is -4.48. The number of alkyl halides is 3. The van der Waals surface area contributed by atoms with E-state index in [-0.39, 0.29) is 11.6 Å². The van der Waals surface area contributed by atoms with E-state index in [1.165, 1.54) is 12.1 Å². The second-order valence-corrected chi connectivity index (χ2v) is 5.39. The van der Waals surface area contributed by atoms with Crippen LogP contribution in [-0.2, 0) is 6.18 Å². The van der Waals surface area contributed by atoms with Crippen molar-refractivity contribution in [3.63, 3.8) is 0 Å². The molecular weight excluding hydrogens is 265 g/mol. The monoisotopic (exact) mass is 282 g/mol. The van der Waals surface area contributed by atoms with E-state index in [1.54, 1.807) is 6.07 Å². The molecule has 20 heavy (non-hydrogen) atoms. The van der Waals surface area contributed by atoms with Crippen molar-refractivity contribution < 1.29 is 13.2 Å². The van der Waals surface area contributed by atoms with Crippen LogP contribution in [0, 0.1) is 17.2 Å². The molecule has 1 saturated heterocycles. The number of halogens is 3. The third kappa shape index (κ3) is 2.74. The van der Waals surface area contributed by atoms with Crippen LogP contribution in [0.3, 0.4) is 0 Å². The minimum Gasteiger partial charge on any atom is -0.369 e. The van der Waals surface area contributed by atoms with Gasteiger partial charge >= 0.3 is 6.18 Å².